The highest BCUT2D eigenvalue weighted by molar-refractivity contribution is 7.89. The van der Waals surface area contributed by atoms with E-state index in [4.69, 9.17) is 5.73 Å². The molecule has 0 bridgehead atoms. The van der Waals surface area contributed by atoms with Gasteiger partial charge in [0.15, 0.2) is 0 Å². The zero-order chi connectivity index (χ0) is 9.90. The van der Waals surface area contributed by atoms with Gasteiger partial charge in [-0.05, 0) is 32.6 Å². The second kappa shape index (κ2) is 4.39. The molecule has 0 atom stereocenters. The van der Waals surface area contributed by atoms with E-state index in [2.05, 4.69) is 4.72 Å². The third-order valence-electron chi connectivity index (χ3n) is 2.50. The fraction of sp³-hybridized carbons (Fsp3) is 1.00. The van der Waals surface area contributed by atoms with Crippen LogP contribution >= 0.6 is 0 Å². The van der Waals surface area contributed by atoms with E-state index >= 15 is 0 Å². The van der Waals surface area contributed by atoms with Crippen molar-refractivity contribution < 1.29 is 8.42 Å². The average molecular weight is 206 g/mol. The predicted molar refractivity (Wildman–Crippen MR) is 52.8 cm³/mol. The number of nitrogens with one attached hydrogen (secondary N) is 1. The van der Waals surface area contributed by atoms with E-state index in [0.29, 0.717) is 0 Å². The minimum absolute atomic E-state index is 0.116. The molecule has 0 aromatic rings. The molecule has 0 aromatic heterocycles. The van der Waals surface area contributed by atoms with Crippen LogP contribution in [0.5, 0.6) is 0 Å². The molecule has 78 valence electrons. The van der Waals surface area contributed by atoms with Gasteiger partial charge in [-0.15, -0.1) is 0 Å². The number of hydrogen-bond donors (Lipinski definition) is 2. The zero-order valence-electron chi connectivity index (χ0n) is 7.99. The quantitative estimate of drug-likeness (QED) is 0.692. The number of nitrogens with two attached hydrogens (primary N) is 1. The Kier molecular flexibility index (Phi) is 3.70. The van der Waals surface area contributed by atoms with Crippen LogP contribution in [0.4, 0.5) is 0 Å². The van der Waals surface area contributed by atoms with Gasteiger partial charge in [-0.3, -0.25) is 0 Å². The molecule has 0 unspecified atom stereocenters. The van der Waals surface area contributed by atoms with Crippen LogP contribution in [0, 0.1) is 0 Å². The van der Waals surface area contributed by atoms with E-state index < -0.39 is 10.0 Å². The van der Waals surface area contributed by atoms with Crippen molar-refractivity contribution in [3.8, 4) is 0 Å². The van der Waals surface area contributed by atoms with Crippen molar-refractivity contribution in [3.63, 3.8) is 0 Å². The topological polar surface area (TPSA) is 72.2 Å². The maximum Gasteiger partial charge on any atom is 0.211 e. The largest absolute Gasteiger partial charge is 0.328 e. The molecule has 0 aliphatic heterocycles. The van der Waals surface area contributed by atoms with Crippen LogP contribution in [0.3, 0.4) is 0 Å². The summed E-state index contributed by atoms with van der Waals surface area (Å²) in [5.41, 5.74) is 5.72. The van der Waals surface area contributed by atoms with Gasteiger partial charge in [0.05, 0.1) is 5.75 Å². The van der Waals surface area contributed by atoms with Crippen LogP contribution in [-0.2, 0) is 10.0 Å². The molecule has 0 radical (unpaired) electrons. The van der Waals surface area contributed by atoms with Crippen LogP contribution < -0.4 is 10.5 Å². The number of rotatable bonds is 3. The minimum atomic E-state index is -3.03. The zero-order valence-corrected chi connectivity index (χ0v) is 8.81. The average Bonchev–Trinajstić information content (AvgIpc) is 2.09. The van der Waals surface area contributed by atoms with Crippen LogP contribution in [0.1, 0.15) is 32.6 Å². The summed E-state index contributed by atoms with van der Waals surface area (Å²) >= 11 is 0. The van der Waals surface area contributed by atoms with Crippen molar-refractivity contribution in [2.75, 3.05) is 5.75 Å². The summed E-state index contributed by atoms with van der Waals surface area (Å²) in [5, 5.41) is 0. The third-order valence-corrected chi connectivity index (χ3v) is 3.95. The Bertz CT molecular complexity index is 243. The Morgan fingerprint density at radius 3 is 2.31 bits per heavy atom. The van der Waals surface area contributed by atoms with Crippen molar-refractivity contribution >= 4 is 10.0 Å². The molecule has 1 saturated carbocycles. The summed E-state index contributed by atoms with van der Waals surface area (Å²) in [6.07, 6.45) is 3.61. The van der Waals surface area contributed by atoms with E-state index in [1.165, 1.54) is 0 Å². The van der Waals surface area contributed by atoms with Gasteiger partial charge in [0.1, 0.15) is 0 Å². The second-order valence-corrected chi connectivity index (χ2v) is 5.68. The van der Waals surface area contributed by atoms with Gasteiger partial charge >= 0.3 is 0 Å². The van der Waals surface area contributed by atoms with E-state index in [1.807, 2.05) is 0 Å². The fourth-order valence-electron chi connectivity index (χ4n) is 1.57. The van der Waals surface area contributed by atoms with Crippen molar-refractivity contribution in [2.24, 2.45) is 5.73 Å². The van der Waals surface area contributed by atoms with Crippen LogP contribution in [0.2, 0.25) is 0 Å². The van der Waals surface area contributed by atoms with Crippen molar-refractivity contribution in [1.82, 2.24) is 4.72 Å². The maximum absolute atomic E-state index is 11.2. The van der Waals surface area contributed by atoms with Crippen molar-refractivity contribution in [1.29, 1.82) is 0 Å². The fourth-order valence-corrected chi connectivity index (χ4v) is 2.48. The Labute approximate surface area is 79.9 Å². The monoisotopic (exact) mass is 206 g/mol. The van der Waals surface area contributed by atoms with Crippen molar-refractivity contribution in [2.45, 2.75) is 44.7 Å². The first-order valence-electron chi connectivity index (χ1n) is 4.79. The van der Waals surface area contributed by atoms with E-state index in [0.717, 1.165) is 25.7 Å². The lowest BCUT2D eigenvalue weighted by Gasteiger charge is -2.26. The molecule has 4 nitrogen and oxygen atoms in total. The molecule has 5 heteroatoms. The predicted octanol–water partition coefficient (Wildman–Crippen LogP) is 0.196. The molecule has 3 N–H and O–H groups in total. The van der Waals surface area contributed by atoms with Gasteiger partial charge in [-0.25, -0.2) is 13.1 Å². The van der Waals surface area contributed by atoms with E-state index in [-0.39, 0.29) is 17.8 Å². The Hall–Kier alpha value is -0.130. The lowest BCUT2D eigenvalue weighted by atomic mass is 9.93. The Morgan fingerprint density at radius 1 is 1.31 bits per heavy atom. The highest BCUT2D eigenvalue weighted by atomic mass is 32.2. The second-order valence-electron chi connectivity index (χ2n) is 3.63. The lowest BCUT2D eigenvalue weighted by molar-refractivity contribution is 0.373. The number of sulfonamides is 1. The first-order chi connectivity index (χ1) is 6.03. The molecule has 0 amide bonds. The molecule has 1 fully saturated rings. The van der Waals surface area contributed by atoms with Gasteiger partial charge in [0.25, 0.3) is 0 Å². The molecule has 13 heavy (non-hydrogen) atoms. The first kappa shape index (κ1) is 10.9. The molecule has 0 spiro atoms. The summed E-state index contributed by atoms with van der Waals surface area (Å²) < 4.78 is 25.1. The molecular formula is C8H18N2O2S. The normalized spacial score (nSPS) is 30.3. The standard InChI is InChI=1S/C8H18N2O2S/c1-2-13(11,12)10-8-5-3-7(9)4-6-8/h7-8,10H,2-6,9H2,1H3. The Morgan fingerprint density at radius 2 is 1.85 bits per heavy atom. The van der Waals surface area contributed by atoms with Gasteiger partial charge < -0.3 is 5.73 Å². The summed E-state index contributed by atoms with van der Waals surface area (Å²) in [5.74, 6) is 0.162. The molecule has 0 saturated heterocycles. The van der Waals surface area contributed by atoms with Gasteiger partial charge in [-0.1, -0.05) is 0 Å². The SMILES string of the molecule is CCS(=O)(=O)NC1CCC(N)CC1. The Balaban J connectivity index is 2.39. The smallest absolute Gasteiger partial charge is 0.211 e. The number of hydrogen-bond acceptors (Lipinski definition) is 3. The molecule has 1 aliphatic carbocycles. The van der Waals surface area contributed by atoms with Gasteiger partial charge in [0, 0.05) is 12.1 Å². The van der Waals surface area contributed by atoms with E-state index in [9.17, 15) is 8.42 Å². The summed E-state index contributed by atoms with van der Waals surface area (Å²) in [7, 11) is -3.03. The molecule has 1 aliphatic rings. The summed E-state index contributed by atoms with van der Waals surface area (Å²) in [6.45, 7) is 1.65. The highest BCUT2D eigenvalue weighted by Crippen LogP contribution is 2.17. The van der Waals surface area contributed by atoms with Crippen LogP contribution in [0.15, 0.2) is 0 Å². The van der Waals surface area contributed by atoms with E-state index in [1.54, 1.807) is 6.92 Å². The highest BCUT2D eigenvalue weighted by Gasteiger charge is 2.21. The summed E-state index contributed by atoms with van der Waals surface area (Å²) in [6, 6.07) is 0.382. The third kappa shape index (κ3) is 3.62. The van der Waals surface area contributed by atoms with Gasteiger partial charge in [-0.2, -0.15) is 0 Å². The van der Waals surface area contributed by atoms with Crippen LogP contribution in [-0.4, -0.2) is 26.3 Å². The molecular weight excluding hydrogens is 188 g/mol. The van der Waals surface area contributed by atoms with Gasteiger partial charge in [0.2, 0.25) is 10.0 Å². The van der Waals surface area contributed by atoms with Crippen LogP contribution in [0.25, 0.3) is 0 Å². The van der Waals surface area contributed by atoms with Crippen molar-refractivity contribution in [3.05, 3.63) is 0 Å². The maximum atomic E-state index is 11.2. The minimum Gasteiger partial charge on any atom is -0.328 e. The summed E-state index contributed by atoms with van der Waals surface area (Å²) in [4.78, 5) is 0. The molecule has 1 rings (SSSR count). The first-order valence-corrected chi connectivity index (χ1v) is 6.44. The molecule has 0 aromatic carbocycles. The lowest BCUT2D eigenvalue weighted by Crippen LogP contribution is -2.40. The molecule has 0 heterocycles.